The minimum atomic E-state index is -0.518. The summed E-state index contributed by atoms with van der Waals surface area (Å²) in [6, 6.07) is 6.89. The molecule has 1 aromatic carbocycles. The Balaban J connectivity index is 1.58. The van der Waals surface area contributed by atoms with Crippen molar-refractivity contribution in [1.29, 1.82) is 0 Å². The van der Waals surface area contributed by atoms with E-state index in [-0.39, 0.29) is 23.3 Å². The van der Waals surface area contributed by atoms with Gasteiger partial charge >= 0.3 is 0 Å². The highest BCUT2D eigenvalue weighted by atomic mass is 32.2. The van der Waals surface area contributed by atoms with Gasteiger partial charge in [-0.15, -0.1) is 11.3 Å². The quantitative estimate of drug-likeness (QED) is 0.372. The van der Waals surface area contributed by atoms with Crippen LogP contribution in [0, 0.1) is 0 Å². The van der Waals surface area contributed by atoms with E-state index in [1.807, 2.05) is 13.0 Å². The molecule has 3 aromatic rings. The van der Waals surface area contributed by atoms with Crippen LogP contribution in [0.1, 0.15) is 46.6 Å². The molecule has 0 fully saturated rings. The molecule has 1 aliphatic rings. The zero-order chi connectivity index (χ0) is 23.5. The number of hydrogen-bond acceptors (Lipinski definition) is 7. The number of fused-ring (bicyclic) bond motifs is 2. The summed E-state index contributed by atoms with van der Waals surface area (Å²) in [5, 5.41) is 4.34. The van der Waals surface area contributed by atoms with E-state index in [9.17, 15) is 14.4 Å². The largest absolute Gasteiger partial charge is 0.383 e. The normalized spacial score (nSPS) is 14.1. The summed E-state index contributed by atoms with van der Waals surface area (Å²) in [5.41, 5.74) is 7.44. The van der Waals surface area contributed by atoms with E-state index < -0.39 is 5.91 Å². The molecule has 2 heterocycles. The second kappa shape index (κ2) is 10.1. The number of benzene rings is 1. The van der Waals surface area contributed by atoms with Crippen LogP contribution >= 0.6 is 23.1 Å². The molecule has 0 aliphatic heterocycles. The molecule has 8 nitrogen and oxygen atoms in total. The molecule has 10 heteroatoms. The molecular formula is C23H26N4O4S2. The molecule has 174 valence electrons. The van der Waals surface area contributed by atoms with Crippen molar-refractivity contribution >= 4 is 50.8 Å². The number of nitrogens with two attached hydrogens (primary N) is 1. The number of carbonyl (C=O) groups excluding carboxylic acids is 2. The van der Waals surface area contributed by atoms with Gasteiger partial charge in [0, 0.05) is 12.0 Å². The zero-order valence-electron chi connectivity index (χ0n) is 18.6. The maximum absolute atomic E-state index is 13.1. The van der Waals surface area contributed by atoms with Gasteiger partial charge in [-0.25, -0.2) is 4.98 Å². The first-order valence-corrected chi connectivity index (χ1v) is 12.6. The Bertz CT molecular complexity index is 1270. The Morgan fingerprint density at radius 3 is 2.82 bits per heavy atom. The van der Waals surface area contributed by atoms with Crippen LogP contribution in [0.15, 0.2) is 34.2 Å². The predicted octanol–water partition coefficient (Wildman–Crippen LogP) is 3.37. The van der Waals surface area contributed by atoms with Gasteiger partial charge in [0.05, 0.1) is 34.9 Å². The van der Waals surface area contributed by atoms with Crippen molar-refractivity contribution in [2.75, 3.05) is 24.8 Å². The Kier molecular flexibility index (Phi) is 7.16. The van der Waals surface area contributed by atoms with Gasteiger partial charge in [0.2, 0.25) is 5.91 Å². The number of ether oxygens (including phenoxy) is 1. The van der Waals surface area contributed by atoms with Gasteiger partial charge in [-0.3, -0.25) is 19.0 Å². The van der Waals surface area contributed by atoms with Crippen LogP contribution in [0.2, 0.25) is 0 Å². The van der Waals surface area contributed by atoms with Crippen molar-refractivity contribution < 1.29 is 14.3 Å². The lowest BCUT2D eigenvalue weighted by Gasteiger charge is -2.18. The second-order valence-electron chi connectivity index (χ2n) is 8.01. The first kappa shape index (κ1) is 23.5. The first-order valence-electron chi connectivity index (χ1n) is 10.8. The maximum atomic E-state index is 13.1. The van der Waals surface area contributed by atoms with Gasteiger partial charge in [-0.2, -0.15) is 0 Å². The monoisotopic (exact) mass is 486 g/mol. The van der Waals surface area contributed by atoms with Crippen LogP contribution in [0.25, 0.3) is 10.9 Å². The van der Waals surface area contributed by atoms with E-state index in [1.54, 1.807) is 29.9 Å². The van der Waals surface area contributed by atoms with Crippen LogP contribution in [-0.2, 0) is 22.4 Å². The van der Waals surface area contributed by atoms with Gasteiger partial charge in [0.1, 0.15) is 5.00 Å². The molecular weight excluding hydrogens is 460 g/mol. The highest BCUT2D eigenvalue weighted by Crippen LogP contribution is 2.38. The third-order valence-electron chi connectivity index (χ3n) is 5.63. The van der Waals surface area contributed by atoms with E-state index in [2.05, 4.69) is 10.3 Å². The summed E-state index contributed by atoms with van der Waals surface area (Å²) in [4.78, 5) is 43.8. The number of aryl methyl sites for hydroxylation is 1. The van der Waals surface area contributed by atoms with Gasteiger partial charge in [-0.1, -0.05) is 23.9 Å². The minimum Gasteiger partial charge on any atom is -0.383 e. The van der Waals surface area contributed by atoms with Crippen LogP contribution in [0.5, 0.6) is 0 Å². The van der Waals surface area contributed by atoms with E-state index in [1.165, 1.54) is 23.1 Å². The second-order valence-corrected chi connectivity index (χ2v) is 10.1. The van der Waals surface area contributed by atoms with Gasteiger partial charge in [-0.05, 0) is 50.3 Å². The summed E-state index contributed by atoms with van der Waals surface area (Å²) < 4.78 is 6.81. The molecule has 1 atom stereocenters. The van der Waals surface area contributed by atoms with E-state index in [0.29, 0.717) is 33.2 Å². The summed E-state index contributed by atoms with van der Waals surface area (Å²) in [6.45, 7) is 2.21. The number of nitrogens with one attached hydrogen (secondary N) is 1. The fourth-order valence-electron chi connectivity index (χ4n) is 4.14. The minimum absolute atomic E-state index is 0.0330. The van der Waals surface area contributed by atoms with Crippen molar-refractivity contribution in [3.63, 3.8) is 0 Å². The summed E-state index contributed by atoms with van der Waals surface area (Å²) in [7, 11) is 1.58. The van der Waals surface area contributed by atoms with Crippen molar-refractivity contribution in [3.05, 3.63) is 50.6 Å². The molecule has 0 spiro atoms. The molecule has 0 saturated carbocycles. The van der Waals surface area contributed by atoms with Crippen LogP contribution in [0.3, 0.4) is 0 Å². The highest BCUT2D eigenvalue weighted by molar-refractivity contribution is 7.99. The van der Waals surface area contributed by atoms with Crippen LogP contribution in [-0.4, -0.2) is 40.8 Å². The smallest absolute Gasteiger partial charge is 0.262 e. The number of para-hydroxylation sites is 1. The Morgan fingerprint density at radius 2 is 2.06 bits per heavy atom. The van der Waals surface area contributed by atoms with Gasteiger partial charge in [0.25, 0.3) is 11.5 Å². The number of methoxy groups -OCH3 is 1. The third kappa shape index (κ3) is 4.83. The fraction of sp³-hybridized carbons (Fsp3) is 0.391. The van der Waals surface area contributed by atoms with E-state index in [0.717, 1.165) is 36.1 Å². The number of primary amides is 1. The average molecular weight is 487 g/mol. The van der Waals surface area contributed by atoms with Crippen molar-refractivity contribution in [2.24, 2.45) is 5.73 Å². The lowest BCUT2D eigenvalue weighted by molar-refractivity contribution is -0.113. The lowest BCUT2D eigenvalue weighted by Crippen LogP contribution is -2.29. The van der Waals surface area contributed by atoms with Gasteiger partial charge < -0.3 is 15.8 Å². The lowest BCUT2D eigenvalue weighted by atomic mass is 9.95. The molecule has 0 radical (unpaired) electrons. The van der Waals surface area contributed by atoms with Crippen molar-refractivity contribution in [3.8, 4) is 0 Å². The van der Waals surface area contributed by atoms with E-state index in [4.69, 9.17) is 10.5 Å². The molecule has 1 aliphatic carbocycles. The van der Waals surface area contributed by atoms with Crippen molar-refractivity contribution in [1.82, 2.24) is 9.55 Å². The SMILES string of the molecule is COC[C@@H](C)n1c(SCC(=O)Nc2sc3c(c2C(N)=O)CCCC3)nc2ccccc2c1=O. The number of thiophene rings is 1. The van der Waals surface area contributed by atoms with Crippen molar-refractivity contribution in [2.45, 2.75) is 43.8 Å². The maximum Gasteiger partial charge on any atom is 0.262 e. The number of aromatic nitrogens is 2. The number of amides is 2. The Labute approximate surface area is 199 Å². The molecule has 33 heavy (non-hydrogen) atoms. The third-order valence-corrected chi connectivity index (χ3v) is 7.79. The number of rotatable bonds is 8. The molecule has 2 aromatic heterocycles. The Morgan fingerprint density at radius 1 is 1.30 bits per heavy atom. The first-order chi connectivity index (χ1) is 15.9. The number of anilines is 1. The number of thioether (sulfide) groups is 1. The number of hydrogen-bond donors (Lipinski definition) is 2. The molecule has 0 unspecified atom stereocenters. The molecule has 3 N–H and O–H groups in total. The number of carbonyl (C=O) groups is 2. The Hall–Kier alpha value is -2.69. The van der Waals surface area contributed by atoms with Crippen LogP contribution in [0.4, 0.5) is 5.00 Å². The van der Waals surface area contributed by atoms with Gasteiger partial charge in [0.15, 0.2) is 5.16 Å². The molecule has 2 amide bonds. The summed E-state index contributed by atoms with van der Waals surface area (Å²) >= 11 is 2.61. The molecule has 0 saturated heterocycles. The van der Waals surface area contributed by atoms with Crippen LogP contribution < -0.4 is 16.6 Å². The average Bonchev–Trinajstić information content (AvgIpc) is 3.15. The summed E-state index contributed by atoms with van der Waals surface area (Å²) in [6.07, 6.45) is 3.78. The highest BCUT2D eigenvalue weighted by Gasteiger charge is 2.25. The number of nitrogens with zero attached hydrogens (tertiary/aromatic N) is 2. The molecule has 0 bridgehead atoms. The summed E-state index contributed by atoms with van der Waals surface area (Å²) in [5.74, 6) is -0.768. The van der Waals surface area contributed by atoms with E-state index >= 15 is 0 Å². The fourth-order valence-corrected chi connectivity index (χ4v) is 6.35. The molecule has 4 rings (SSSR count). The predicted molar refractivity (Wildman–Crippen MR) is 131 cm³/mol. The zero-order valence-corrected chi connectivity index (χ0v) is 20.2. The topological polar surface area (TPSA) is 116 Å². The standard InChI is InChI=1S/C23H26N4O4S2/c1-13(11-31-2)27-22(30)14-7-3-5-9-16(14)25-23(27)32-12-18(28)26-21-19(20(24)29)15-8-4-6-10-17(15)33-21/h3,5,7,9,13H,4,6,8,10-12H2,1-2H3,(H2,24,29)(H,26,28)/t13-/m1/s1.